The van der Waals surface area contributed by atoms with Gasteiger partial charge in [-0.2, -0.15) is 10.3 Å². The van der Waals surface area contributed by atoms with Gasteiger partial charge in [-0.25, -0.2) is 14.4 Å². The third kappa shape index (κ3) is 4.53. The molecule has 0 radical (unpaired) electrons. The average Bonchev–Trinajstić information content (AvgIpc) is 3.52. The summed E-state index contributed by atoms with van der Waals surface area (Å²) >= 11 is 0. The second kappa shape index (κ2) is 9.25. The highest BCUT2D eigenvalue weighted by Gasteiger charge is 2.19. The molecule has 0 aliphatic carbocycles. The van der Waals surface area contributed by atoms with Crippen molar-refractivity contribution >= 4 is 22.8 Å². The fraction of sp³-hybridized carbons (Fsp3) is 0.174. The van der Waals surface area contributed by atoms with Crippen molar-refractivity contribution in [3.05, 3.63) is 77.0 Å². The summed E-state index contributed by atoms with van der Waals surface area (Å²) in [5.41, 5.74) is 4.43. The van der Waals surface area contributed by atoms with E-state index in [0.717, 1.165) is 16.7 Å². The van der Waals surface area contributed by atoms with Gasteiger partial charge >= 0.3 is 0 Å². The van der Waals surface area contributed by atoms with Crippen molar-refractivity contribution in [3.63, 3.8) is 0 Å². The van der Waals surface area contributed by atoms with E-state index in [1.807, 2.05) is 24.3 Å². The second-order valence-corrected chi connectivity index (χ2v) is 7.94. The van der Waals surface area contributed by atoms with E-state index in [1.165, 1.54) is 12.4 Å². The van der Waals surface area contributed by atoms with Crippen LogP contribution in [-0.2, 0) is 20.1 Å². The minimum absolute atomic E-state index is 0.210. The van der Waals surface area contributed by atoms with E-state index in [0.29, 0.717) is 34.8 Å². The van der Waals surface area contributed by atoms with E-state index in [4.69, 9.17) is 0 Å². The van der Waals surface area contributed by atoms with Crippen LogP contribution in [0.4, 0.5) is 10.2 Å². The van der Waals surface area contributed by atoms with Crippen LogP contribution in [0.1, 0.15) is 27.2 Å². The maximum atomic E-state index is 13.5. The molecular weight excluding hydrogens is 451 g/mol. The van der Waals surface area contributed by atoms with Crippen LogP contribution in [0.3, 0.4) is 0 Å². The molecule has 12 heteroatoms. The number of carbonyl (C=O) groups is 1. The Labute approximate surface area is 198 Å². The van der Waals surface area contributed by atoms with Gasteiger partial charge in [-0.15, -0.1) is 10.2 Å². The average molecular weight is 472 g/mol. The second-order valence-electron chi connectivity index (χ2n) is 7.94. The number of aromatic amines is 1. The van der Waals surface area contributed by atoms with Crippen LogP contribution in [0.5, 0.6) is 0 Å². The Morgan fingerprint density at radius 2 is 1.89 bits per heavy atom. The van der Waals surface area contributed by atoms with Crippen molar-refractivity contribution in [3.8, 4) is 11.4 Å². The molecule has 1 amide bonds. The molecule has 176 valence electrons. The van der Waals surface area contributed by atoms with Gasteiger partial charge in [-0.1, -0.05) is 36.4 Å². The van der Waals surface area contributed by atoms with Gasteiger partial charge in [0.25, 0.3) is 5.91 Å². The first-order valence-corrected chi connectivity index (χ1v) is 10.8. The number of nitrogens with zero attached hydrogens (tertiary/aromatic N) is 7. The van der Waals surface area contributed by atoms with Crippen molar-refractivity contribution in [1.29, 1.82) is 0 Å². The molecular formula is C23H21FN10O. The van der Waals surface area contributed by atoms with E-state index in [-0.39, 0.29) is 24.0 Å². The number of hydrogen-bond acceptors (Lipinski definition) is 8. The summed E-state index contributed by atoms with van der Waals surface area (Å²) in [5.74, 6) is 0.411. The summed E-state index contributed by atoms with van der Waals surface area (Å²) in [6.07, 6.45) is 1.34. The largest absolute Gasteiger partial charge is 0.363 e. The molecule has 3 aromatic heterocycles. The Morgan fingerprint density at radius 3 is 2.63 bits per heavy atom. The summed E-state index contributed by atoms with van der Waals surface area (Å²) < 4.78 is 15.1. The zero-order valence-corrected chi connectivity index (χ0v) is 18.9. The lowest BCUT2D eigenvalue weighted by Crippen LogP contribution is -2.24. The van der Waals surface area contributed by atoms with Crippen molar-refractivity contribution in [2.24, 2.45) is 7.05 Å². The molecule has 3 N–H and O–H groups in total. The molecule has 0 unspecified atom stereocenters. The molecule has 0 saturated carbocycles. The molecule has 35 heavy (non-hydrogen) atoms. The molecule has 3 heterocycles. The highest BCUT2D eigenvalue weighted by atomic mass is 19.1. The minimum Gasteiger partial charge on any atom is -0.363 e. The van der Waals surface area contributed by atoms with E-state index in [1.54, 1.807) is 30.8 Å². The van der Waals surface area contributed by atoms with Crippen LogP contribution in [-0.4, -0.2) is 46.3 Å². The number of H-pyrrole nitrogens is 1. The predicted molar refractivity (Wildman–Crippen MR) is 126 cm³/mol. The maximum absolute atomic E-state index is 13.5. The first-order chi connectivity index (χ1) is 17.0. The van der Waals surface area contributed by atoms with Gasteiger partial charge in [0.1, 0.15) is 23.2 Å². The number of aryl methyl sites for hydroxylation is 2. The van der Waals surface area contributed by atoms with E-state index >= 15 is 0 Å². The third-order valence-electron chi connectivity index (χ3n) is 5.53. The summed E-state index contributed by atoms with van der Waals surface area (Å²) in [6, 6.07) is 12.4. The fourth-order valence-corrected chi connectivity index (χ4v) is 3.72. The quantitative estimate of drug-likeness (QED) is 0.328. The number of hydrogen-bond donors (Lipinski definition) is 3. The number of fused-ring (bicyclic) bond motifs is 1. The van der Waals surface area contributed by atoms with Gasteiger partial charge in [-0.3, -0.25) is 9.48 Å². The number of tetrazole rings is 1. The van der Waals surface area contributed by atoms with Crippen LogP contribution < -0.4 is 10.6 Å². The number of rotatable bonds is 7. The molecule has 0 aliphatic rings. The molecule has 0 atom stereocenters. The summed E-state index contributed by atoms with van der Waals surface area (Å²) in [7, 11) is 1.73. The lowest BCUT2D eigenvalue weighted by Gasteiger charge is -2.07. The number of aromatic nitrogens is 8. The zero-order valence-electron chi connectivity index (χ0n) is 18.9. The smallest absolute Gasteiger partial charge is 0.272 e. The maximum Gasteiger partial charge on any atom is 0.272 e. The standard InChI is InChI=1S/C23H21FN10O/c1-13-9-15(5-8-17(13)24)11-26-23(35)19-20-18(27-12-28-19)22(31-34(20)2)25-10-14-3-6-16(7-4-14)21-29-32-33-30-21/h3-9,12H,10-11H2,1-2H3,(H,25,31)(H,26,35)(H,29,30,32,33). The van der Waals surface area contributed by atoms with Crippen molar-refractivity contribution in [1.82, 2.24) is 45.7 Å². The Balaban J connectivity index is 1.31. The summed E-state index contributed by atoms with van der Waals surface area (Å²) in [5, 5.41) is 24.5. The third-order valence-corrected chi connectivity index (χ3v) is 5.53. The topological polar surface area (TPSA) is 139 Å². The van der Waals surface area contributed by atoms with Crippen LogP contribution in [0.25, 0.3) is 22.4 Å². The fourth-order valence-electron chi connectivity index (χ4n) is 3.72. The van der Waals surface area contributed by atoms with E-state index < -0.39 is 0 Å². The number of anilines is 1. The monoisotopic (exact) mass is 472 g/mol. The molecule has 0 bridgehead atoms. The van der Waals surface area contributed by atoms with Crippen LogP contribution in [0.15, 0.2) is 48.8 Å². The highest BCUT2D eigenvalue weighted by Crippen LogP contribution is 2.23. The molecule has 5 aromatic rings. The van der Waals surface area contributed by atoms with Crippen molar-refractivity contribution in [2.45, 2.75) is 20.0 Å². The Kier molecular flexibility index (Phi) is 5.83. The lowest BCUT2D eigenvalue weighted by molar-refractivity contribution is 0.0947. The van der Waals surface area contributed by atoms with Gasteiger partial charge in [0, 0.05) is 25.7 Å². The van der Waals surface area contributed by atoms with Crippen molar-refractivity contribution in [2.75, 3.05) is 5.32 Å². The van der Waals surface area contributed by atoms with Gasteiger partial charge in [0.05, 0.1) is 0 Å². The molecule has 0 aliphatic heterocycles. The molecule has 0 fully saturated rings. The number of benzene rings is 2. The Bertz CT molecular complexity index is 1500. The van der Waals surface area contributed by atoms with Crippen molar-refractivity contribution < 1.29 is 9.18 Å². The summed E-state index contributed by atoms with van der Waals surface area (Å²) in [4.78, 5) is 21.4. The predicted octanol–water partition coefficient (Wildman–Crippen LogP) is 2.53. The number of amides is 1. The van der Waals surface area contributed by atoms with Gasteiger partial charge < -0.3 is 10.6 Å². The van der Waals surface area contributed by atoms with Crippen LogP contribution >= 0.6 is 0 Å². The summed E-state index contributed by atoms with van der Waals surface area (Å²) in [6.45, 7) is 2.42. The molecule has 0 spiro atoms. The molecule has 5 rings (SSSR count). The van der Waals surface area contributed by atoms with Crippen LogP contribution in [0, 0.1) is 12.7 Å². The minimum atomic E-state index is -0.369. The zero-order chi connectivity index (χ0) is 24.4. The van der Waals surface area contributed by atoms with Crippen LogP contribution in [0.2, 0.25) is 0 Å². The molecule has 0 saturated heterocycles. The molecule has 11 nitrogen and oxygen atoms in total. The first kappa shape index (κ1) is 22.1. The number of carbonyl (C=O) groups excluding carboxylic acids is 1. The SMILES string of the molecule is Cc1cc(CNC(=O)c2ncnc3c(NCc4ccc(-c5nn[nH]n5)cc4)nn(C)c23)ccc1F. The van der Waals surface area contributed by atoms with E-state index in [2.05, 4.69) is 46.3 Å². The van der Waals surface area contributed by atoms with Gasteiger partial charge in [0.15, 0.2) is 11.5 Å². The number of halogens is 1. The Morgan fingerprint density at radius 1 is 1.09 bits per heavy atom. The Hall–Kier alpha value is -4.74. The number of nitrogens with one attached hydrogen (secondary N) is 3. The molecule has 2 aromatic carbocycles. The first-order valence-electron chi connectivity index (χ1n) is 10.8. The van der Waals surface area contributed by atoms with Gasteiger partial charge in [-0.05, 0) is 34.9 Å². The normalized spacial score (nSPS) is 11.1. The van der Waals surface area contributed by atoms with Gasteiger partial charge in [0.2, 0.25) is 5.82 Å². The highest BCUT2D eigenvalue weighted by molar-refractivity contribution is 6.05. The van der Waals surface area contributed by atoms with E-state index in [9.17, 15) is 9.18 Å². The lowest BCUT2D eigenvalue weighted by atomic mass is 10.1.